The van der Waals surface area contributed by atoms with E-state index in [1.165, 1.54) is 24.3 Å². The normalized spacial score (nSPS) is 22.0. The van der Waals surface area contributed by atoms with Crippen LogP contribution < -0.4 is 0 Å². The van der Waals surface area contributed by atoms with Crippen LogP contribution in [0, 0.1) is 5.92 Å². The van der Waals surface area contributed by atoms with Crippen molar-refractivity contribution in [3.63, 3.8) is 0 Å². The number of halogens is 1. The zero-order chi connectivity index (χ0) is 13.2. The van der Waals surface area contributed by atoms with Gasteiger partial charge in [0.1, 0.15) is 0 Å². The number of hydrogen-bond donors (Lipinski definition) is 1. The molecule has 2 unspecified atom stereocenters. The molecule has 0 aromatic heterocycles. The van der Waals surface area contributed by atoms with Gasteiger partial charge < -0.3 is 9.84 Å². The van der Waals surface area contributed by atoms with Crippen molar-refractivity contribution in [2.45, 2.75) is 17.4 Å². The molecule has 1 aromatic carbocycles. The van der Waals surface area contributed by atoms with Crippen molar-refractivity contribution >= 4 is 21.4 Å². The van der Waals surface area contributed by atoms with Gasteiger partial charge in [-0.1, -0.05) is 11.6 Å². The van der Waals surface area contributed by atoms with Gasteiger partial charge in [0.2, 0.25) is 0 Å². The highest BCUT2D eigenvalue weighted by atomic mass is 35.5. The van der Waals surface area contributed by atoms with Crippen molar-refractivity contribution in [2.24, 2.45) is 5.92 Å². The number of sulfone groups is 1. The van der Waals surface area contributed by atoms with Gasteiger partial charge >= 0.3 is 0 Å². The van der Waals surface area contributed by atoms with Gasteiger partial charge in [-0.15, -0.1) is 0 Å². The number of benzene rings is 1. The summed E-state index contributed by atoms with van der Waals surface area (Å²) >= 11 is 5.71. The summed E-state index contributed by atoms with van der Waals surface area (Å²) in [6.07, 6.45) is -0.176. The molecule has 0 spiro atoms. The lowest BCUT2D eigenvalue weighted by molar-refractivity contribution is 0.108. The van der Waals surface area contributed by atoms with Crippen LogP contribution in [-0.4, -0.2) is 38.6 Å². The fourth-order valence-electron chi connectivity index (χ4n) is 1.96. The Morgan fingerprint density at radius 1 is 1.39 bits per heavy atom. The van der Waals surface area contributed by atoms with Crippen LogP contribution in [-0.2, 0) is 14.6 Å². The first-order chi connectivity index (χ1) is 8.49. The zero-order valence-electron chi connectivity index (χ0n) is 9.75. The van der Waals surface area contributed by atoms with Gasteiger partial charge in [0.15, 0.2) is 9.84 Å². The lowest BCUT2D eigenvalue weighted by atomic mass is 10.0. The number of aliphatic hydroxyl groups is 1. The third kappa shape index (κ3) is 3.23. The van der Waals surface area contributed by atoms with Crippen molar-refractivity contribution in [1.29, 1.82) is 0 Å². The smallest absolute Gasteiger partial charge is 0.180 e. The molecule has 2 atom stereocenters. The topological polar surface area (TPSA) is 63.6 Å². The number of ether oxygens (including phenoxy) is 1. The summed E-state index contributed by atoms with van der Waals surface area (Å²) in [5.41, 5.74) is 0. The first kappa shape index (κ1) is 13.8. The van der Waals surface area contributed by atoms with Crippen LogP contribution in [0.2, 0.25) is 5.02 Å². The molecule has 0 saturated carbocycles. The molecule has 100 valence electrons. The fourth-order valence-corrected chi connectivity index (χ4v) is 3.55. The molecule has 1 saturated heterocycles. The summed E-state index contributed by atoms with van der Waals surface area (Å²) in [6.45, 7) is 1.01. The highest BCUT2D eigenvalue weighted by Crippen LogP contribution is 2.21. The maximum atomic E-state index is 12.1. The highest BCUT2D eigenvalue weighted by Gasteiger charge is 2.29. The van der Waals surface area contributed by atoms with Gasteiger partial charge in [-0.3, -0.25) is 0 Å². The quantitative estimate of drug-likeness (QED) is 0.913. The van der Waals surface area contributed by atoms with E-state index >= 15 is 0 Å². The third-order valence-corrected chi connectivity index (χ3v) is 5.09. The number of rotatable bonds is 4. The Hall–Kier alpha value is -0.620. The van der Waals surface area contributed by atoms with E-state index in [0.29, 0.717) is 24.7 Å². The summed E-state index contributed by atoms with van der Waals surface area (Å²) in [5.74, 6) is -0.366. The predicted octanol–water partition coefficient (Wildman–Crippen LogP) is 1.51. The molecule has 1 fully saturated rings. The number of hydrogen-bond acceptors (Lipinski definition) is 4. The largest absolute Gasteiger partial charge is 0.392 e. The molecule has 4 nitrogen and oxygen atoms in total. The van der Waals surface area contributed by atoms with Crippen molar-refractivity contribution in [3.8, 4) is 0 Å². The first-order valence-electron chi connectivity index (χ1n) is 5.73. The average molecular weight is 291 g/mol. The second-order valence-electron chi connectivity index (χ2n) is 4.43. The Balaban J connectivity index is 2.09. The minimum Gasteiger partial charge on any atom is -0.392 e. The molecule has 0 aliphatic carbocycles. The summed E-state index contributed by atoms with van der Waals surface area (Å²) in [5, 5.41) is 10.4. The van der Waals surface area contributed by atoms with Crippen molar-refractivity contribution in [2.75, 3.05) is 19.0 Å². The third-order valence-electron chi connectivity index (χ3n) is 3.07. The monoisotopic (exact) mass is 290 g/mol. The predicted molar refractivity (Wildman–Crippen MR) is 68.4 cm³/mol. The fraction of sp³-hybridized carbons (Fsp3) is 0.500. The molecule has 0 radical (unpaired) electrons. The molecule has 1 N–H and O–H groups in total. The lowest BCUT2D eigenvalue weighted by Crippen LogP contribution is -2.29. The van der Waals surface area contributed by atoms with Crippen LogP contribution in [0.5, 0.6) is 0 Å². The van der Waals surface area contributed by atoms with E-state index in [1.54, 1.807) is 0 Å². The maximum Gasteiger partial charge on any atom is 0.180 e. The summed E-state index contributed by atoms with van der Waals surface area (Å²) in [6, 6.07) is 5.96. The van der Waals surface area contributed by atoms with E-state index in [-0.39, 0.29) is 16.6 Å². The van der Waals surface area contributed by atoms with Gasteiger partial charge in [0, 0.05) is 17.5 Å². The highest BCUT2D eigenvalue weighted by molar-refractivity contribution is 7.91. The molecule has 2 rings (SSSR count). The Kier molecular flexibility index (Phi) is 4.27. The Bertz CT molecular complexity index is 491. The van der Waals surface area contributed by atoms with Crippen LogP contribution >= 0.6 is 11.6 Å². The number of aliphatic hydroxyl groups excluding tert-OH is 1. The summed E-state index contributed by atoms with van der Waals surface area (Å²) in [4.78, 5) is 0.185. The van der Waals surface area contributed by atoms with E-state index in [1.807, 2.05) is 0 Å². The van der Waals surface area contributed by atoms with Gasteiger partial charge in [-0.05, 0) is 30.7 Å². The van der Waals surface area contributed by atoms with Crippen LogP contribution in [0.25, 0.3) is 0 Å². The minimum absolute atomic E-state index is 0.0907. The van der Waals surface area contributed by atoms with E-state index in [9.17, 15) is 13.5 Å². The SMILES string of the molecule is O=S(=O)(CC(O)C1CCOC1)c1ccc(Cl)cc1. The lowest BCUT2D eigenvalue weighted by Gasteiger charge is -2.16. The molecular weight excluding hydrogens is 276 g/mol. The molecule has 1 aliphatic heterocycles. The average Bonchev–Trinajstić information content (AvgIpc) is 2.82. The Morgan fingerprint density at radius 2 is 2.06 bits per heavy atom. The zero-order valence-corrected chi connectivity index (χ0v) is 11.3. The van der Waals surface area contributed by atoms with Gasteiger partial charge in [-0.2, -0.15) is 0 Å². The van der Waals surface area contributed by atoms with E-state index in [2.05, 4.69) is 0 Å². The van der Waals surface area contributed by atoms with E-state index < -0.39 is 15.9 Å². The van der Waals surface area contributed by atoms with Crippen molar-refractivity contribution in [1.82, 2.24) is 0 Å². The Morgan fingerprint density at radius 3 is 2.61 bits per heavy atom. The van der Waals surface area contributed by atoms with Crippen LogP contribution in [0.3, 0.4) is 0 Å². The molecule has 0 amide bonds. The Labute approximate surface area is 111 Å². The second-order valence-corrected chi connectivity index (χ2v) is 6.90. The maximum absolute atomic E-state index is 12.1. The van der Waals surface area contributed by atoms with E-state index in [4.69, 9.17) is 16.3 Å². The summed E-state index contributed by atoms with van der Waals surface area (Å²) in [7, 11) is -3.48. The summed E-state index contributed by atoms with van der Waals surface area (Å²) < 4.78 is 29.3. The van der Waals surface area contributed by atoms with Gasteiger partial charge in [0.05, 0.1) is 23.4 Å². The first-order valence-corrected chi connectivity index (χ1v) is 7.76. The van der Waals surface area contributed by atoms with Crippen LogP contribution in [0.4, 0.5) is 0 Å². The second kappa shape index (κ2) is 5.57. The molecule has 1 aromatic rings. The van der Waals surface area contributed by atoms with E-state index in [0.717, 1.165) is 0 Å². The molecule has 1 heterocycles. The molecular formula is C12H15ClO4S. The van der Waals surface area contributed by atoms with Crippen LogP contribution in [0.1, 0.15) is 6.42 Å². The minimum atomic E-state index is -3.48. The molecule has 6 heteroatoms. The van der Waals surface area contributed by atoms with Gasteiger partial charge in [0.25, 0.3) is 0 Å². The molecule has 18 heavy (non-hydrogen) atoms. The molecule has 0 bridgehead atoms. The van der Waals surface area contributed by atoms with Crippen LogP contribution in [0.15, 0.2) is 29.2 Å². The standard InChI is InChI=1S/C12H15ClO4S/c13-10-1-3-11(4-2-10)18(15,16)8-12(14)9-5-6-17-7-9/h1-4,9,12,14H,5-8H2. The van der Waals surface area contributed by atoms with Crippen molar-refractivity contribution in [3.05, 3.63) is 29.3 Å². The molecule has 1 aliphatic rings. The van der Waals surface area contributed by atoms with Crippen molar-refractivity contribution < 1.29 is 18.3 Å². The van der Waals surface area contributed by atoms with Gasteiger partial charge in [-0.25, -0.2) is 8.42 Å².